The van der Waals surface area contributed by atoms with Gasteiger partial charge in [-0.25, -0.2) is 9.78 Å². The monoisotopic (exact) mass is 557 g/mol. The molecular weight excluding hydrogens is 530 g/mol. The number of carboxylic acid groups (broad SMARTS) is 1. The molecular formula is C26H28BrN3O6. The average molecular weight is 558 g/mol. The lowest BCUT2D eigenvalue weighted by atomic mass is 9.88. The molecule has 190 valence electrons. The van der Waals surface area contributed by atoms with E-state index in [2.05, 4.69) is 21.0 Å². The zero-order valence-electron chi connectivity index (χ0n) is 20.4. The molecule has 1 atom stereocenters. The number of methoxy groups -OCH3 is 2. The summed E-state index contributed by atoms with van der Waals surface area (Å²) >= 11 is 3.44. The van der Waals surface area contributed by atoms with E-state index < -0.39 is 12.1 Å². The molecule has 4 rings (SSSR count). The number of halogens is 1. The van der Waals surface area contributed by atoms with Crippen molar-refractivity contribution in [1.29, 1.82) is 0 Å². The van der Waals surface area contributed by atoms with Crippen LogP contribution in [0.15, 0.2) is 44.7 Å². The summed E-state index contributed by atoms with van der Waals surface area (Å²) in [6.07, 6.45) is 5.71. The average Bonchev–Trinajstić information content (AvgIpc) is 2.89. The number of ether oxygens (including phenoxy) is 3. The molecule has 1 saturated carbocycles. The lowest BCUT2D eigenvalue weighted by Crippen LogP contribution is -2.25. The van der Waals surface area contributed by atoms with Crippen LogP contribution in [0, 0.1) is 0 Å². The maximum absolute atomic E-state index is 13.5. The summed E-state index contributed by atoms with van der Waals surface area (Å²) in [5.41, 5.74) is 0.981. The summed E-state index contributed by atoms with van der Waals surface area (Å²) < 4.78 is 18.6. The Morgan fingerprint density at radius 3 is 2.44 bits per heavy atom. The minimum atomic E-state index is -1.12. The van der Waals surface area contributed by atoms with Crippen LogP contribution in [0.4, 0.5) is 0 Å². The van der Waals surface area contributed by atoms with Crippen LogP contribution in [-0.2, 0) is 4.79 Å². The molecule has 0 spiro atoms. The van der Waals surface area contributed by atoms with Gasteiger partial charge in [-0.15, -0.1) is 0 Å². The molecule has 1 aliphatic rings. The molecule has 1 N–H and O–H groups in total. The molecule has 0 saturated heterocycles. The second kappa shape index (κ2) is 11.1. The standard InChI is InChI=1S/C26H28BrN3O6/c1-15(26(32)33)36-23-21(34-2)11-16(12-22(23)35-3)14-28-30-24(17-7-5-4-6-8-17)29-20-10-9-18(27)13-19(20)25(30)31/h9-15,17H,4-8H2,1-3H3,(H,32,33)/t15-/m1/s1. The normalized spacial score (nSPS) is 15.2. The van der Waals surface area contributed by atoms with Crippen molar-refractivity contribution in [2.45, 2.75) is 51.0 Å². The van der Waals surface area contributed by atoms with Crippen molar-refractivity contribution < 1.29 is 24.1 Å². The van der Waals surface area contributed by atoms with E-state index in [1.807, 2.05) is 12.1 Å². The maximum Gasteiger partial charge on any atom is 0.344 e. The van der Waals surface area contributed by atoms with Gasteiger partial charge in [-0.3, -0.25) is 4.79 Å². The van der Waals surface area contributed by atoms with E-state index in [9.17, 15) is 14.7 Å². The third-order valence-corrected chi connectivity index (χ3v) is 6.74. The van der Waals surface area contributed by atoms with Crippen LogP contribution in [0.25, 0.3) is 10.9 Å². The highest BCUT2D eigenvalue weighted by atomic mass is 79.9. The molecule has 0 bridgehead atoms. The highest BCUT2D eigenvalue weighted by Crippen LogP contribution is 2.39. The molecule has 36 heavy (non-hydrogen) atoms. The molecule has 0 amide bonds. The van der Waals surface area contributed by atoms with Crippen LogP contribution in [-0.4, -0.2) is 47.3 Å². The fraction of sp³-hybridized carbons (Fsp3) is 0.385. The smallest absolute Gasteiger partial charge is 0.344 e. The van der Waals surface area contributed by atoms with E-state index in [0.29, 0.717) is 22.3 Å². The number of hydrogen-bond acceptors (Lipinski definition) is 7. The van der Waals surface area contributed by atoms with Gasteiger partial charge >= 0.3 is 5.97 Å². The fourth-order valence-electron chi connectivity index (χ4n) is 4.35. The first-order chi connectivity index (χ1) is 17.3. The van der Waals surface area contributed by atoms with E-state index in [-0.39, 0.29) is 28.7 Å². The Hall–Kier alpha value is -3.40. The van der Waals surface area contributed by atoms with Crippen molar-refractivity contribution in [3.63, 3.8) is 0 Å². The van der Waals surface area contributed by atoms with Gasteiger partial charge in [0.1, 0.15) is 5.82 Å². The van der Waals surface area contributed by atoms with E-state index in [1.54, 1.807) is 18.2 Å². The number of benzene rings is 2. The van der Waals surface area contributed by atoms with Gasteiger partial charge in [-0.05, 0) is 50.1 Å². The van der Waals surface area contributed by atoms with Crippen molar-refractivity contribution in [3.05, 3.63) is 56.5 Å². The van der Waals surface area contributed by atoms with Crippen molar-refractivity contribution in [2.24, 2.45) is 5.10 Å². The molecule has 2 aromatic carbocycles. The lowest BCUT2D eigenvalue weighted by Gasteiger charge is -2.22. The molecule has 1 aromatic heterocycles. The van der Waals surface area contributed by atoms with Crippen LogP contribution in [0.3, 0.4) is 0 Å². The summed E-state index contributed by atoms with van der Waals surface area (Å²) in [6, 6.07) is 8.76. The van der Waals surface area contributed by atoms with Gasteiger partial charge < -0.3 is 19.3 Å². The Morgan fingerprint density at radius 1 is 1.17 bits per heavy atom. The second-order valence-electron chi connectivity index (χ2n) is 8.68. The first-order valence-electron chi connectivity index (χ1n) is 11.7. The number of carbonyl (C=O) groups is 1. The third-order valence-electron chi connectivity index (χ3n) is 6.25. The van der Waals surface area contributed by atoms with Crippen LogP contribution in [0.5, 0.6) is 17.2 Å². The zero-order valence-corrected chi connectivity index (χ0v) is 21.9. The number of fused-ring (bicyclic) bond motifs is 1. The highest BCUT2D eigenvalue weighted by molar-refractivity contribution is 9.10. The van der Waals surface area contributed by atoms with E-state index in [4.69, 9.17) is 19.2 Å². The second-order valence-corrected chi connectivity index (χ2v) is 9.60. The SMILES string of the molecule is COc1cc(C=Nn2c(C3CCCCC3)nc3ccc(Br)cc3c2=O)cc(OC)c1O[C@H](C)C(=O)O. The fourth-order valence-corrected chi connectivity index (χ4v) is 4.71. The summed E-state index contributed by atoms with van der Waals surface area (Å²) in [5.74, 6) is 0.418. The van der Waals surface area contributed by atoms with Gasteiger partial charge in [0.05, 0.1) is 31.3 Å². The predicted octanol–water partition coefficient (Wildman–Crippen LogP) is 4.96. The summed E-state index contributed by atoms with van der Waals surface area (Å²) in [7, 11) is 2.90. The van der Waals surface area contributed by atoms with Crippen molar-refractivity contribution in [2.75, 3.05) is 14.2 Å². The summed E-state index contributed by atoms with van der Waals surface area (Å²) in [4.78, 5) is 29.6. The summed E-state index contributed by atoms with van der Waals surface area (Å²) in [6.45, 7) is 1.42. The van der Waals surface area contributed by atoms with E-state index in [1.165, 1.54) is 38.5 Å². The first-order valence-corrected chi connectivity index (χ1v) is 12.5. The van der Waals surface area contributed by atoms with Crippen molar-refractivity contribution >= 4 is 39.0 Å². The van der Waals surface area contributed by atoms with Crippen molar-refractivity contribution in [1.82, 2.24) is 9.66 Å². The van der Waals surface area contributed by atoms with E-state index in [0.717, 1.165) is 30.2 Å². The first kappa shape index (κ1) is 25.7. The molecule has 1 aliphatic carbocycles. The number of carboxylic acids is 1. The molecule has 10 heteroatoms. The van der Waals surface area contributed by atoms with Crippen LogP contribution in [0.2, 0.25) is 0 Å². The Kier molecular flexibility index (Phi) is 7.93. The minimum Gasteiger partial charge on any atom is -0.493 e. The molecule has 9 nitrogen and oxygen atoms in total. The zero-order chi connectivity index (χ0) is 25.8. The summed E-state index contributed by atoms with van der Waals surface area (Å²) in [5, 5.41) is 14.2. The molecule has 0 aliphatic heterocycles. The Balaban J connectivity index is 1.80. The molecule has 1 heterocycles. The largest absolute Gasteiger partial charge is 0.493 e. The maximum atomic E-state index is 13.5. The molecule has 1 fully saturated rings. The molecule has 0 radical (unpaired) electrons. The Labute approximate surface area is 216 Å². The quantitative estimate of drug-likeness (QED) is 0.389. The van der Waals surface area contributed by atoms with Crippen molar-refractivity contribution in [3.8, 4) is 17.2 Å². The Morgan fingerprint density at radius 2 is 1.83 bits per heavy atom. The minimum absolute atomic E-state index is 0.147. The highest BCUT2D eigenvalue weighted by Gasteiger charge is 2.23. The van der Waals surface area contributed by atoms with Gasteiger partial charge in [0, 0.05) is 16.0 Å². The van der Waals surface area contributed by atoms with Gasteiger partial charge in [-0.2, -0.15) is 9.78 Å². The molecule has 0 unspecified atom stereocenters. The number of rotatable bonds is 8. The number of aliphatic carboxylic acids is 1. The van der Waals surface area contributed by atoms with Crippen LogP contribution >= 0.6 is 15.9 Å². The number of aromatic nitrogens is 2. The van der Waals surface area contributed by atoms with Gasteiger partial charge in [0.25, 0.3) is 5.56 Å². The van der Waals surface area contributed by atoms with Gasteiger partial charge in [0.2, 0.25) is 5.75 Å². The number of hydrogen-bond donors (Lipinski definition) is 1. The molecule has 3 aromatic rings. The topological polar surface area (TPSA) is 112 Å². The predicted molar refractivity (Wildman–Crippen MR) is 140 cm³/mol. The van der Waals surface area contributed by atoms with Crippen LogP contribution < -0.4 is 19.8 Å². The third kappa shape index (κ3) is 5.38. The van der Waals surface area contributed by atoms with Crippen LogP contribution in [0.1, 0.15) is 56.3 Å². The van der Waals surface area contributed by atoms with Gasteiger partial charge in [-0.1, -0.05) is 35.2 Å². The van der Waals surface area contributed by atoms with E-state index >= 15 is 0 Å². The van der Waals surface area contributed by atoms with Gasteiger partial charge in [0.15, 0.2) is 17.6 Å². The lowest BCUT2D eigenvalue weighted by molar-refractivity contribution is -0.144. The number of nitrogens with zero attached hydrogens (tertiary/aromatic N) is 3. The Bertz CT molecular complexity index is 1340.